The summed E-state index contributed by atoms with van der Waals surface area (Å²) >= 11 is 0. The average Bonchev–Trinajstić information content (AvgIpc) is 2.27. The first-order valence-electron chi connectivity index (χ1n) is 5.77. The number of fused-ring (bicyclic) bond motifs is 1. The number of allylic oxidation sites excluding steroid dienone is 1. The maximum absolute atomic E-state index is 13.3. The SMILES string of the molecule is C#C[C@@]1(O)C=C2CCCC(=O)[C@@]2(C(F)(F)F)CC1. The summed E-state index contributed by atoms with van der Waals surface area (Å²) < 4.78 is 39.8. The Morgan fingerprint density at radius 1 is 1.33 bits per heavy atom. The minimum atomic E-state index is -4.62. The molecule has 0 aromatic carbocycles. The van der Waals surface area contributed by atoms with E-state index >= 15 is 0 Å². The van der Waals surface area contributed by atoms with Gasteiger partial charge in [0.1, 0.15) is 11.0 Å². The van der Waals surface area contributed by atoms with Crippen molar-refractivity contribution < 1.29 is 23.1 Å². The summed E-state index contributed by atoms with van der Waals surface area (Å²) in [6, 6.07) is 0. The highest BCUT2D eigenvalue weighted by Crippen LogP contribution is 2.56. The van der Waals surface area contributed by atoms with Crippen LogP contribution < -0.4 is 0 Å². The molecule has 0 spiro atoms. The molecule has 2 aliphatic carbocycles. The summed E-state index contributed by atoms with van der Waals surface area (Å²) in [6.45, 7) is 0. The van der Waals surface area contributed by atoms with Gasteiger partial charge < -0.3 is 5.11 Å². The number of rotatable bonds is 0. The number of ketones is 1. The normalized spacial score (nSPS) is 36.6. The van der Waals surface area contributed by atoms with Crippen LogP contribution in [0.2, 0.25) is 0 Å². The summed E-state index contributed by atoms with van der Waals surface area (Å²) in [5.41, 5.74) is -4.12. The zero-order valence-corrected chi connectivity index (χ0v) is 9.68. The van der Waals surface area contributed by atoms with Crippen molar-refractivity contribution in [3.63, 3.8) is 0 Å². The molecule has 5 heteroatoms. The second-order valence-electron chi connectivity index (χ2n) is 4.92. The van der Waals surface area contributed by atoms with Gasteiger partial charge in [0.25, 0.3) is 0 Å². The number of halogens is 3. The first-order chi connectivity index (χ1) is 8.25. The zero-order chi connectivity index (χ0) is 13.6. The third kappa shape index (κ3) is 1.67. The minimum Gasteiger partial charge on any atom is -0.374 e. The van der Waals surface area contributed by atoms with E-state index in [4.69, 9.17) is 6.42 Å². The Morgan fingerprint density at radius 2 is 2.00 bits per heavy atom. The van der Waals surface area contributed by atoms with Crippen LogP contribution in [0.4, 0.5) is 13.2 Å². The first kappa shape index (κ1) is 13.2. The Kier molecular flexibility index (Phi) is 2.82. The lowest BCUT2D eigenvalue weighted by atomic mass is 9.61. The highest BCUT2D eigenvalue weighted by Gasteiger charge is 2.64. The molecule has 2 nitrogen and oxygen atoms in total. The van der Waals surface area contributed by atoms with Crippen molar-refractivity contribution in [1.29, 1.82) is 0 Å². The quantitative estimate of drug-likeness (QED) is 0.535. The molecule has 0 amide bonds. The predicted octanol–water partition coefficient (Wildman–Crippen LogP) is 2.37. The fraction of sp³-hybridized carbons (Fsp3) is 0.615. The molecule has 98 valence electrons. The second-order valence-corrected chi connectivity index (χ2v) is 4.92. The number of terminal acetylenes is 1. The molecule has 0 heterocycles. The van der Waals surface area contributed by atoms with Crippen LogP contribution in [0.3, 0.4) is 0 Å². The molecular weight excluding hydrogens is 245 g/mol. The monoisotopic (exact) mass is 258 g/mol. The molecule has 0 radical (unpaired) electrons. The van der Waals surface area contributed by atoms with E-state index in [1.165, 1.54) is 0 Å². The lowest BCUT2D eigenvalue weighted by Crippen LogP contribution is -2.52. The van der Waals surface area contributed by atoms with Crippen LogP contribution in [0.25, 0.3) is 0 Å². The van der Waals surface area contributed by atoms with Crippen LogP contribution in [0.15, 0.2) is 11.6 Å². The van der Waals surface area contributed by atoms with Crippen LogP contribution in [0, 0.1) is 17.8 Å². The molecule has 0 aromatic rings. The molecule has 0 unspecified atom stereocenters. The Hall–Kier alpha value is -1.28. The minimum absolute atomic E-state index is 0.0575. The Morgan fingerprint density at radius 3 is 2.56 bits per heavy atom. The summed E-state index contributed by atoms with van der Waals surface area (Å²) in [5, 5.41) is 9.89. The highest BCUT2D eigenvalue weighted by atomic mass is 19.4. The van der Waals surface area contributed by atoms with Gasteiger partial charge in [-0.25, -0.2) is 0 Å². The maximum Gasteiger partial charge on any atom is 0.404 e. The van der Waals surface area contributed by atoms with Crippen molar-refractivity contribution in [3.05, 3.63) is 11.6 Å². The van der Waals surface area contributed by atoms with Crippen LogP contribution in [0.5, 0.6) is 0 Å². The van der Waals surface area contributed by atoms with Crippen molar-refractivity contribution in [1.82, 2.24) is 0 Å². The maximum atomic E-state index is 13.3. The van der Waals surface area contributed by atoms with Gasteiger partial charge in [0, 0.05) is 6.42 Å². The number of carbonyl (C=O) groups excluding carboxylic acids is 1. The number of carbonyl (C=O) groups is 1. The molecule has 0 bridgehead atoms. The molecule has 1 N–H and O–H groups in total. The molecule has 0 saturated heterocycles. The van der Waals surface area contributed by atoms with Gasteiger partial charge in [-0.1, -0.05) is 5.92 Å². The third-order valence-electron chi connectivity index (χ3n) is 3.90. The molecule has 0 aromatic heterocycles. The van der Waals surface area contributed by atoms with Gasteiger partial charge in [-0.2, -0.15) is 13.2 Å². The van der Waals surface area contributed by atoms with Crippen LogP contribution in [-0.4, -0.2) is 22.7 Å². The van der Waals surface area contributed by atoms with E-state index in [0.717, 1.165) is 6.08 Å². The lowest BCUT2D eigenvalue weighted by molar-refractivity contribution is -0.217. The summed E-state index contributed by atoms with van der Waals surface area (Å²) in [5.74, 6) is 1.30. The third-order valence-corrected chi connectivity index (χ3v) is 3.90. The molecule has 1 saturated carbocycles. The fourth-order valence-corrected chi connectivity index (χ4v) is 2.87. The van der Waals surface area contributed by atoms with Gasteiger partial charge in [-0.3, -0.25) is 4.79 Å². The number of aliphatic hydroxyl groups is 1. The van der Waals surface area contributed by atoms with Crippen LogP contribution >= 0.6 is 0 Å². The molecular formula is C13H13F3O2. The van der Waals surface area contributed by atoms with Gasteiger partial charge in [0.15, 0.2) is 5.78 Å². The second kappa shape index (κ2) is 3.86. The Balaban J connectivity index is 2.57. The van der Waals surface area contributed by atoms with Crippen molar-refractivity contribution >= 4 is 5.78 Å². The van der Waals surface area contributed by atoms with E-state index in [1.54, 1.807) is 0 Å². The number of alkyl halides is 3. The van der Waals surface area contributed by atoms with Gasteiger partial charge >= 0.3 is 6.18 Å². The summed E-state index contributed by atoms with van der Waals surface area (Å²) in [4.78, 5) is 11.8. The summed E-state index contributed by atoms with van der Waals surface area (Å²) in [6.07, 6.45) is 1.37. The highest BCUT2D eigenvalue weighted by molar-refractivity contribution is 5.90. The van der Waals surface area contributed by atoms with Gasteiger partial charge in [-0.05, 0) is 37.3 Å². The number of hydrogen-bond donors (Lipinski definition) is 1. The molecule has 0 aliphatic heterocycles. The largest absolute Gasteiger partial charge is 0.404 e. The fourth-order valence-electron chi connectivity index (χ4n) is 2.87. The number of hydrogen-bond acceptors (Lipinski definition) is 2. The van der Waals surface area contributed by atoms with E-state index < -0.39 is 29.4 Å². The smallest absolute Gasteiger partial charge is 0.374 e. The summed E-state index contributed by atoms with van der Waals surface area (Å²) in [7, 11) is 0. The van der Waals surface area contributed by atoms with Crippen molar-refractivity contribution in [2.24, 2.45) is 5.41 Å². The van der Waals surface area contributed by atoms with E-state index in [9.17, 15) is 23.1 Å². The van der Waals surface area contributed by atoms with Crippen LogP contribution in [-0.2, 0) is 4.79 Å². The molecule has 2 aliphatic rings. The average molecular weight is 258 g/mol. The topological polar surface area (TPSA) is 37.3 Å². The van der Waals surface area contributed by atoms with E-state index in [-0.39, 0.29) is 24.8 Å². The molecule has 1 fully saturated rings. The van der Waals surface area contributed by atoms with E-state index in [0.29, 0.717) is 6.42 Å². The van der Waals surface area contributed by atoms with Gasteiger partial charge in [0.05, 0.1) is 0 Å². The number of Topliss-reactive ketones (excluding diaryl/α,β-unsaturated/α-hetero) is 1. The van der Waals surface area contributed by atoms with Crippen LogP contribution in [0.1, 0.15) is 32.1 Å². The zero-order valence-electron chi connectivity index (χ0n) is 9.68. The Bertz CT molecular complexity index is 458. The first-order valence-corrected chi connectivity index (χ1v) is 5.77. The van der Waals surface area contributed by atoms with Crippen molar-refractivity contribution in [2.45, 2.75) is 43.9 Å². The van der Waals surface area contributed by atoms with Crippen molar-refractivity contribution in [2.75, 3.05) is 0 Å². The van der Waals surface area contributed by atoms with Crippen molar-refractivity contribution in [3.8, 4) is 12.3 Å². The van der Waals surface area contributed by atoms with E-state index in [1.807, 2.05) is 0 Å². The Labute approximate surface area is 103 Å². The van der Waals surface area contributed by atoms with Gasteiger partial charge in [-0.15, -0.1) is 6.42 Å². The molecule has 2 rings (SSSR count). The predicted molar refractivity (Wildman–Crippen MR) is 58.4 cm³/mol. The van der Waals surface area contributed by atoms with E-state index in [2.05, 4.69) is 5.92 Å². The lowest BCUT2D eigenvalue weighted by Gasteiger charge is -2.44. The standard InChI is InChI=1S/C13H13F3O2/c1-2-11(18)6-7-12(13(14,15)16)9(8-11)4-3-5-10(12)17/h1,8,18H,3-7H2/t11-,12+/m0/s1. The van der Waals surface area contributed by atoms with Gasteiger partial charge in [0.2, 0.25) is 0 Å². The molecule has 2 atom stereocenters. The molecule has 18 heavy (non-hydrogen) atoms.